The lowest BCUT2D eigenvalue weighted by atomic mass is 10.00. The van der Waals surface area contributed by atoms with Gasteiger partial charge in [-0.25, -0.2) is 4.98 Å². The van der Waals surface area contributed by atoms with Crippen LogP contribution in [0.2, 0.25) is 0 Å². The lowest BCUT2D eigenvalue weighted by molar-refractivity contribution is 0.474. The van der Waals surface area contributed by atoms with Crippen LogP contribution in [0, 0.1) is 11.3 Å². The van der Waals surface area contributed by atoms with Gasteiger partial charge in [-0.15, -0.1) is 0 Å². The molecule has 5 aromatic rings. The Kier molecular flexibility index (Phi) is 4.23. The van der Waals surface area contributed by atoms with Crippen molar-refractivity contribution in [2.24, 2.45) is 0 Å². The van der Waals surface area contributed by atoms with Crippen molar-refractivity contribution >= 4 is 11.1 Å². The van der Waals surface area contributed by atoms with E-state index >= 15 is 0 Å². The Morgan fingerprint density at radius 3 is 2.50 bits per heavy atom. The van der Waals surface area contributed by atoms with Gasteiger partial charge in [0.25, 0.3) is 0 Å². The Hall–Kier alpha value is -4.43. The quantitative estimate of drug-likeness (QED) is 0.421. The number of fused-ring (bicyclic) bond motifs is 1. The van der Waals surface area contributed by atoms with Crippen molar-refractivity contribution in [3.05, 3.63) is 90.6 Å². The van der Waals surface area contributed by atoms with Crippen LogP contribution in [0.15, 0.2) is 89.5 Å². The molecule has 2 heterocycles. The summed E-state index contributed by atoms with van der Waals surface area (Å²) in [6, 6.07) is 26.3. The van der Waals surface area contributed by atoms with Crippen molar-refractivity contribution in [1.82, 2.24) is 9.97 Å². The van der Waals surface area contributed by atoms with E-state index in [0.717, 1.165) is 22.4 Å². The van der Waals surface area contributed by atoms with E-state index in [2.05, 4.69) is 16.0 Å². The highest BCUT2D eigenvalue weighted by Crippen LogP contribution is 2.35. The number of rotatable bonds is 3. The highest BCUT2D eigenvalue weighted by Gasteiger charge is 2.15. The second kappa shape index (κ2) is 7.19. The SMILES string of the molecule is N#Cc1ccnc(-c2cccc(-c3cccc4oc(-c5ccccc5O)nc34)c2)c1. The summed E-state index contributed by atoms with van der Waals surface area (Å²) in [7, 11) is 0. The number of hydrogen-bond acceptors (Lipinski definition) is 5. The van der Waals surface area contributed by atoms with Crippen molar-refractivity contribution < 1.29 is 9.52 Å². The van der Waals surface area contributed by atoms with Crippen molar-refractivity contribution in [3.8, 4) is 45.7 Å². The van der Waals surface area contributed by atoms with Gasteiger partial charge in [0.05, 0.1) is 22.9 Å². The molecule has 2 aromatic heterocycles. The summed E-state index contributed by atoms with van der Waals surface area (Å²) in [6.45, 7) is 0. The number of aromatic hydroxyl groups is 1. The van der Waals surface area contributed by atoms with E-state index in [0.29, 0.717) is 28.1 Å². The van der Waals surface area contributed by atoms with Gasteiger partial charge in [0.2, 0.25) is 5.89 Å². The molecular formula is C25H15N3O2. The first-order valence-corrected chi connectivity index (χ1v) is 9.38. The van der Waals surface area contributed by atoms with Crippen molar-refractivity contribution in [2.45, 2.75) is 0 Å². The van der Waals surface area contributed by atoms with Gasteiger partial charge in [0.15, 0.2) is 5.58 Å². The lowest BCUT2D eigenvalue weighted by Gasteiger charge is -2.06. The first kappa shape index (κ1) is 17.7. The van der Waals surface area contributed by atoms with Crippen LogP contribution in [0.4, 0.5) is 0 Å². The Morgan fingerprint density at radius 1 is 0.833 bits per heavy atom. The maximum Gasteiger partial charge on any atom is 0.231 e. The fraction of sp³-hybridized carbons (Fsp3) is 0. The number of hydrogen-bond donors (Lipinski definition) is 1. The number of oxazole rings is 1. The van der Waals surface area contributed by atoms with E-state index < -0.39 is 0 Å². The van der Waals surface area contributed by atoms with E-state index in [1.54, 1.807) is 36.5 Å². The van der Waals surface area contributed by atoms with Gasteiger partial charge in [-0.1, -0.05) is 42.5 Å². The molecule has 0 saturated carbocycles. The fourth-order valence-corrected chi connectivity index (χ4v) is 3.46. The van der Waals surface area contributed by atoms with E-state index in [1.165, 1.54) is 0 Å². The normalized spacial score (nSPS) is 10.8. The molecule has 0 saturated heterocycles. The molecule has 5 nitrogen and oxygen atoms in total. The van der Waals surface area contributed by atoms with Crippen LogP contribution < -0.4 is 0 Å². The van der Waals surface area contributed by atoms with Crippen LogP contribution in [0.3, 0.4) is 0 Å². The number of pyridine rings is 1. The molecule has 0 aliphatic heterocycles. The van der Waals surface area contributed by atoms with Crippen molar-refractivity contribution in [1.29, 1.82) is 5.26 Å². The first-order valence-electron chi connectivity index (χ1n) is 9.38. The minimum Gasteiger partial charge on any atom is -0.507 e. The second-order valence-corrected chi connectivity index (χ2v) is 6.81. The molecular weight excluding hydrogens is 374 g/mol. The van der Waals surface area contributed by atoms with Crippen LogP contribution in [0.25, 0.3) is 44.9 Å². The first-order chi connectivity index (χ1) is 14.7. The maximum atomic E-state index is 10.2. The minimum atomic E-state index is 0.121. The topological polar surface area (TPSA) is 82.9 Å². The van der Waals surface area contributed by atoms with E-state index in [1.807, 2.05) is 48.5 Å². The van der Waals surface area contributed by atoms with Gasteiger partial charge in [-0.2, -0.15) is 5.26 Å². The molecule has 0 radical (unpaired) electrons. The van der Waals surface area contributed by atoms with Gasteiger partial charge in [0, 0.05) is 17.3 Å². The molecule has 0 fully saturated rings. The van der Waals surface area contributed by atoms with Crippen LogP contribution in [0.1, 0.15) is 5.56 Å². The van der Waals surface area contributed by atoms with Crippen LogP contribution in [-0.2, 0) is 0 Å². The molecule has 5 rings (SSSR count). The van der Waals surface area contributed by atoms with Gasteiger partial charge in [0.1, 0.15) is 11.3 Å². The molecule has 0 unspecified atom stereocenters. The van der Waals surface area contributed by atoms with Crippen molar-refractivity contribution in [3.63, 3.8) is 0 Å². The van der Waals surface area contributed by atoms with E-state index in [9.17, 15) is 5.11 Å². The summed E-state index contributed by atoms with van der Waals surface area (Å²) in [4.78, 5) is 9.06. The lowest BCUT2D eigenvalue weighted by Crippen LogP contribution is -1.87. The number of nitriles is 1. The van der Waals surface area contributed by atoms with Gasteiger partial charge in [-0.3, -0.25) is 4.98 Å². The summed E-state index contributed by atoms with van der Waals surface area (Å²) in [5.74, 6) is 0.492. The third kappa shape index (κ3) is 3.07. The standard InChI is InChI=1S/C25H15N3O2/c26-15-16-11-12-27-21(13-16)18-6-3-5-17(14-18)19-8-4-10-23-24(19)28-25(30-23)20-7-1-2-9-22(20)29/h1-14,29H. The molecule has 1 N–H and O–H groups in total. The van der Waals surface area contributed by atoms with Gasteiger partial charge in [-0.05, 0) is 42.0 Å². The number of phenolic OH excluding ortho intramolecular Hbond substituents is 1. The summed E-state index contributed by atoms with van der Waals surface area (Å²) < 4.78 is 5.92. The predicted octanol–water partition coefficient (Wildman–Crippen LogP) is 5.80. The number of phenols is 1. The molecule has 0 aliphatic carbocycles. The predicted molar refractivity (Wildman–Crippen MR) is 114 cm³/mol. The molecule has 5 heteroatoms. The molecule has 30 heavy (non-hydrogen) atoms. The third-order valence-corrected chi connectivity index (χ3v) is 4.91. The molecule has 3 aromatic carbocycles. The maximum absolute atomic E-state index is 10.2. The average molecular weight is 389 g/mol. The molecule has 142 valence electrons. The minimum absolute atomic E-state index is 0.121. The summed E-state index contributed by atoms with van der Waals surface area (Å²) >= 11 is 0. The van der Waals surface area contributed by atoms with E-state index in [4.69, 9.17) is 9.68 Å². The Bertz CT molecular complexity index is 1430. The number of benzene rings is 3. The molecule has 0 aliphatic rings. The smallest absolute Gasteiger partial charge is 0.231 e. The van der Waals surface area contributed by atoms with Gasteiger partial charge < -0.3 is 9.52 Å². The second-order valence-electron chi connectivity index (χ2n) is 6.81. The molecule has 0 amide bonds. The summed E-state index contributed by atoms with van der Waals surface area (Å²) in [5.41, 5.74) is 5.98. The summed E-state index contributed by atoms with van der Waals surface area (Å²) in [6.07, 6.45) is 1.64. The Labute approximate surface area is 172 Å². The van der Waals surface area contributed by atoms with Crippen molar-refractivity contribution in [2.75, 3.05) is 0 Å². The van der Waals surface area contributed by atoms with Crippen LogP contribution in [0.5, 0.6) is 5.75 Å². The van der Waals surface area contributed by atoms with Crippen LogP contribution >= 0.6 is 0 Å². The highest BCUT2D eigenvalue weighted by molar-refractivity contribution is 5.93. The Balaban J connectivity index is 1.63. The molecule has 0 bridgehead atoms. The zero-order valence-corrected chi connectivity index (χ0v) is 15.8. The Morgan fingerprint density at radius 2 is 1.63 bits per heavy atom. The zero-order valence-electron chi connectivity index (χ0n) is 15.8. The highest BCUT2D eigenvalue weighted by atomic mass is 16.3. The summed E-state index contributed by atoms with van der Waals surface area (Å²) in [5, 5.41) is 19.3. The molecule has 0 spiro atoms. The largest absolute Gasteiger partial charge is 0.507 e. The zero-order chi connectivity index (χ0) is 20.5. The van der Waals surface area contributed by atoms with E-state index in [-0.39, 0.29) is 5.75 Å². The van der Waals surface area contributed by atoms with Gasteiger partial charge >= 0.3 is 0 Å². The van der Waals surface area contributed by atoms with Crippen LogP contribution in [-0.4, -0.2) is 15.1 Å². The fourth-order valence-electron chi connectivity index (χ4n) is 3.46. The monoisotopic (exact) mass is 389 g/mol. The third-order valence-electron chi connectivity index (χ3n) is 4.91. The number of aromatic nitrogens is 2. The number of para-hydroxylation sites is 2. The molecule has 0 atom stereocenters. The number of nitrogens with zero attached hydrogens (tertiary/aromatic N) is 3. The average Bonchev–Trinajstić information content (AvgIpc) is 3.23.